The van der Waals surface area contributed by atoms with Crippen molar-refractivity contribution in [2.75, 3.05) is 5.32 Å². The number of benzene rings is 3. The molecule has 4 rings (SSSR count). The average molecular weight is 433 g/mol. The second-order valence-corrected chi connectivity index (χ2v) is 7.25. The van der Waals surface area contributed by atoms with Crippen molar-refractivity contribution in [1.82, 2.24) is 9.78 Å². The summed E-state index contributed by atoms with van der Waals surface area (Å²) in [6.07, 6.45) is 0. The Labute approximate surface area is 184 Å². The molecule has 1 N–H and O–H groups in total. The van der Waals surface area contributed by atoms with Gasteiger partial charge in [0.1, 0.15) is 11.4 Å². The minimum absolute atomic E-state index is 0.103. The molecule has 0 saturated heterocycles. The van der Waals surface area contributed by atoms with Crippen LogP contribution in [0.2, 0.25) is 0 Å². The molecule has 5 nitrogen and oxygen atoms in total. The standard InChI is InChI=1S/C25H21F2N3O2/c1-16-13-14-21(32-25(26)27)20(15-16)28-24(31)22-17(2)30(19-11-7-4-8-12-19)29-23(22)18-9-5-3-6-10-18/h3-15,25H,1-2H3,(H,28,31). The van der Waals surface area contributed by atoms with Gasteiger partial charge in [-0.05, 0) is 43.7 Å². The van der Waals surface area contributed by atoms with Crippen LogP contribution >= 0.6 is 0 Å². The lowest BCUT2D eigenvalue weighted by atomic mass is 10.1. The zero-order valence-corrected chi connectivity index (χ0v) is 17.5. The molecule has 4 aromatic rings. The molecule has 7 heteroatoms. The minimum Gasteiger partial charge on any atom is -0.433 e. The first-order valence-corrected chi connectivity index (χ1v) is 10.0. The van der Waals surface area contributed by atoms with Crippen molar-refractivity contribution in [2.24, 2.45) is 0 Å². The van der Waals surface area contributed by atoms with Gasteiger partial charge >= 0.3 is 6.61 Å². The Morgan fingerprint density at radius 2 is 1.62 bits per heavy atom. The molecular weight excluding hydrogens is 412 g/mol. The molecule has 0 unspecified atom stereocenters. The number of hydrogen-bond acceptors (Lipinski definition) is 3. The van der Waals surface area contributed by atoms with E-state index >= 15 is 0 Å². The number of aryl methyl sites for hydroxylation is 1. The first kappa shape index (κ1) is 21.2. The molecular formula is C25H21F2N3O2. The van der Waals surface area contributed by atoms with Crippen LogP contribution in [-0.2, 0) is 0 Å². The van der Waals surface area contributed by atoms with E-state index in [0.717, 1.165) is 16.8 Å². The average Bonchev–Trinajstić information content (AvgIpc) is 3.14. The molecule has 0 saturated carbocycles. The number of aromatic nitrogens is 2. The summed E-state index contributed by atoms with van der Waals surface area (Å²) < 4.78 is 32.0. The Balaban J connectivity index is 1.80. The van der Waals surface area contributed by atoms with E-state index in [0.29, 0.717) is 17.0 Å². The Bertz CT molecular complexity index is 1240. The minimum atomic E-state index is -3.00. The first-order valence-electron chi connectivity index (χ1n) is 10.0. The maximum absolute atomic E-state index is 13.4. The molecule has 0 radical (unpaired) electrons. The number of hydrogen-bond donors (Lipinski definition) is 1. The van der Waals surface area contributed by atoms with Crippen molar-refractivity contribution in [2.45, 2.75) is 20.5 Å². The Morgan fingerprint density at radius 1 is 0.969 bits per heavy atom. The molecule has 0 atom stereocenters. The summed E-state index contributed by atoms with van der Waals surface area (Å²) in [6, 6.07) is 23.5. The molecule has 0 fully saturated rings. The quantitative estimate of drug-likeness (QED) is 0.405. The lowest BCUT2D eigenvalue weighted by Crippen LogP contribution is -2.16. The van der Waals surface area contributed by atoms with Crippen LogP contribution in [0.4, 0.5) is 14.5 Å². The Morgan fingerprint density at radius 3 is 2.28 bits per heavy atom. The third-order valence-electron chi connectivity index (χ3n) is 4.99. The molecule has 0 bridgehead atoms. The molecule has 0 spiro atoms. The summed E-state index contributed by atoms with van der Waals surface area (Å²) in [5, 5.41) is 7.44. The van der Waals surface area contributed by atoms with E-state index in [-0.39, 0.29) is 11.4 Å². The highest BCUT2D eigenvalue weighted by atomic mass is 19.3. The zero-order valence-electron chi connectivity index (χ0n) is 17.5. The Kier molecular flexibility index (Phi) is 5.98. The summed E-state index contributed by atoms with van der Waals surface area (Å²) in [5.74, 6) is -0.568. The number of para-hydroxylation sites is 1. The summed E-state index contributed by atoms with van der Waals surface area (Å²) >= 11 is 0. The number of nitrogens with one attached hydrogen (secondary N) is 1. The topological polar surface area (TPSA) is 56.1 Å². The van der Waals surface area contributed by atoms with Crippen molar-refractivity contribution >= 4 is 11.6 Å². The lowest BCUT2D eigenvalue weighted by molar-refractivity contribution is -0.0493. The third-order valence-corrected chi connectivity index (χ3v) is 4.99. The van der Waals surface area contributed by atoms with Crippen LogP contribution in [0.25, 0.3) is 16.9 Å². The largest absolute Gasteiger partial charge is 0.433 e. The van der Waals surface area contributed by atoms with Crippen LogP contribution in [0.5, 0.6) is 5.75 Å². The maximum Gasteiger partial charge on any atom is 0.387 e. The number of nitrogens with zero attached hydrogens (tertiary/aromatic N) is 2. The predicted octanol–water partition coefficient (Wildman–Crippen LogP) is 6.01. The van der Waals surface area contributed by atoms with Crippen LogP contribution in [0.3, 0.4) is 0 Å². The first-order chi connectivity index (χ1) is 15.4. The van der Waals surface area contributed by atoms with Gasteiger partial charge in [-0.2, -0.15) is 13.9 Å². The van der Waals surface area contributed by atoms with E-state index < -0.39 is 12.5 Å². The number of carbonyl (C=O) groups excluding carboxylic acids is 1. The number of rotatable bonds is 6. The number of carbonyl (C=O) groups is 1. The van der Waals surface area contributed by atoms with Crippen molar-refractivity contribution < 1.29 is 18.3 Å². The number of amides is 1. The second-order valence-electron chi connectivity index (χ2n) is 7.25. The summed E-state index contributed by atoms with van der Waals surface area (Å²) in [7, 11) is 0. The van der Waals surface area contributed by atoms with E-state index in [1.807, 2.05) is 60.7 Å². The van der Waals surface area contributed by atoms with E-state index in [9.17, 15) is 13.6 Å². The number of anilines is 1. The molecule has 3 aromatic carbocycles. The van der Waals surface area contributed by atoms with Crippen LogP contribution in [-0.4, -0.2) is 22.3 Å². The van der Waals surface area contributed by atoms with Gasteiger partial charge in [0.25, 0.3) is 5.91 Å². The zero-order chi connectivity index (χ0) is 22.7. The van der Waals surface area contributed by atoms with Gasteiger partial charge in [0.05, 0.1) is 22.6 Å². The highest BCUT2D eigenvalue weighted by molar-refractivity contribution is 6.09. The molecule has 1 heterocycles. The molecule has 0 aliphatic heterocycles. The van der Waals surface area contributed by atoms with E-state index in [2.05, 4.69) is 10.1 Å². The second kappa shape index (κ2) is 9.01. The molecule has 0 aliphatic carbocycles. The summed E-state index contributed by atoms with van der Waals surface area (Å²) in [4.78, 5) is 13.4. The Hall–Kier alpha value is -4.00. The fourth-order valence-corrected chi connectivity index (χ4v) is 3.52. The van der Waals surface area contributed by atoms with Gasteiger partial charge in [-0.3, -0.25) is 4.79 Å². The lowest BCUT2D eigenvalue weighted by Gasteiger charge is -2.13. The SMILES string of the molecule is Cc1ccc(OC(F)F)c(NC(=O)c2c(-c3ccccc3)nn(-c3ccccc3)c2C)c1. The summed E-state index contributed by atoms with van der Waals surface area (Å²) in [5.41, 5.74) is 4.00. The van der Waals surface area contributed by atoms with Crippen LogP contribution in [0.15, 0.2) is 78.9 Å². The van der Waals surface area contributed by atoms with E-state index in [1.54, 1.807) is 30.7 Å². The molecule has 0 aliphatic rings. The van der Waals surface area contributed by atoms with Crippen molar-refractivity contribution in [3.05, 3.63) is 95.7 Å². The predicted molar refractivity (Wildman–Crippen MR) is 120 cm³/mol. The third kappa shape index (κ3) is 4.37. The number of ether oxygens (including phenoxy) is 1. The van der Waals surface area contributed by atoms with Crippen LogP contribution in [0, 0.1) is 13.8 Å². The van der Waals surface area contributed by atoms with Gasteiger partial charge in [0, 0.05) is 5.56 Å². The monoisotopic (exact) mass is 433 g/mol. The molecule has 1 aromatic heterocycles. The fraction of sp³-hybridized carbons (Fsp3) is 0.120. The molecule has 32 heavy (non-hydrogen) atoms. The fourth-order valence-electron chi connectivity index (χ4n) is 3.52. The van der Waals surface area contributed by atoms with Crippen LogP contribution in [0.1, 0.15) is 21.6 Å². The van der Waals surface area contributed by atoms with Gasteiger partial charge < -0.3 is 10.1 Å². The molecule has 1 amide bonds. The van der Waals surface area contributed by atoms with Crippen LogP contribution < -0.4 is 10.1 Å². The van der Waals surface area contributed by atoms with Gasteiger partial charge in [0.2, 0.25) is 0 Å². The number of alkyl halides is 2. The van der Waals surface area contributed by atoms with Crippen molar-refractivity contribution in [3.8, 4) is 22.7 Å². The van der Waals surface area contributed by atoms with E-state index in [4.69, 9.17) is 5.10 Å². The van der Waals surface area contributed by atoms with Gasteiger partial charge in [-0.25, -0.2) is 4.68 Å². The smallest absolute Gasteiger partial charge is 0.387 e. The maximum atomic E-state index is 13.4. The molecule has 162 valence electrons. The van der Waals surface area contributed by atoms with E-state index in [1.165, 1.54) is 6.07 Å². The van der Waals surface area contributed by atoms with Crippen molar-refractivity contribution in [1.29, 1.82) is 0 Å². The van der Waals surface area contributed by atoms with Gasteiger partial charge in [-0.15, -0.1) is 0 Å². The number of halogens is 2. The normalized spacial score (nSPS) is 10.9. The highest BCUT2D eigenvalue weighted by Gasteiger charge is 2.24. The van der Waals surface area contributed by atoms with Crippen molar-refractivity contribution in [3.63, 3.8) is 0 Å². The summed E-state index contributed by atoms with van der Waals surface area (Å²) in [6.45, 7) is 0.597. The van der Waals surface area contributed by atoms with Gasteiger partial charge in [0.15, 0.2) is 0 Å². The highest BCUT2D eigenvalue weighted by Crippen LogP contribution is 2.31. The van der Waals surface area contributed by atoms with Gasteiger partial charge in [-0.1, -0.05) is 54.6 Å².